The summed E-state index contributed by atoms with van der Waals surface area (Å²) < 4.78 is 0. The highest BCUT2D eigenvalue weighted by atomic mass is 32.2. The third kappa shape index (κ3) is 3.62. The van der Waals surface area contributed by atoms with E-state index >= 15 is 0 Å². The lowest BCUT2D eigenvalue weighted by atomic mass is 9.89. The van der Waals surface area contributed by atoms with Gasteiger partial charge in [-0.3, -0.25) is 4.79 Å². The Morgan fingerprint density at radius 1 is 1.26 bits per heavy atom. The Balaban J connectivity index is 1.75. The maximum atomic E-state index is 12.5. The first-order valence-corrected chi connectivity index (χ1v) is 9.04. The smallest absolute Gasteiger partial charge is 0.251 e. The predicted molar refractivity (Wildman–Crippen MR) is 97.3 cm³/mol. The van der Waals surface area contributed by atoms with Crippen LogP contribution in [0, 0.1) is 5.92 Å². The normalized spacial score (nSPS) is 19.8. The van der Waals surface area contributed by atoms with Gasteiger partial charge in [0.05, 0.1) is 23.4 Å². The van der Waals surface area contributed by atoms with Crippen LogP contribution in [0.5, 0.6) is 0 Å². The molecule has 1 aliphatic heterocycles. The molecule has 1 aromatic carbocycles. The largest absolute Gasteiger partial charge is 0.344 e. The van der Waals surface area contributed by atoms with E-state index in [0.717, 1.165) is 23.6 Å². The van der Waals surface area contributed by atoms with Crippen LogP contribution < -0.4 is 5.32 Å². The average Bonchev–Trinajstić information content (AvgIpc) is 3.03. The molecule has 2 unspecified atom stereocenters. The lowest BCUT2D eigenvalue weighted by Crippen LogP contribution is -2.44. The molecule has 0 saturated carbocycles. The molecular formula is C18H19N3OS. The Bertz CT molecular complexity index is 691. The number of rotatable bonds is 6. The number of allylic oxidation sites excluding steroid dienone is 4. The van der Waals surface area contributed by atoms with Crippen molar-refractivity contribution in [1.29, 1.82) is 0 Å². The molecule has 0 fully saturated rings. The van der Waals surface area contributed by atoms with Crippen LogP contribution in [0.3, 0.4) is 0 Å². The molecule has 4 nitrogen and oxygen atoms in total. The molecule has 5 heteroatoms. The third-order valence-corrected chi connectivity index (χ3v) is 4.55. The van der Waals surface area contributed by atoms with Gasteiger partial charge in [0.25, 0.3) is 5.91 Å². The zero-order chi connectivity index (χ0) is 16.1. The van der Waals surface area contributed by atoms with Crippen LogP contribution in [-0.4, -0.2) is 35.4 Å². The van der Waals surface area contributed by atoms with Gasteiger partial charge < -0.3 is 5.32 Å². The number of fused-ring (bicyclic) bond motifs is 1. The zero-order valence-corrected chi connectivity index (χ0v) is 13.8. The maximum Gasteiger partial charge on any atom is 0.251 e. The Hall–Kier alpha value is -2.14. The standard InChI is InChI=1S/C18H19N3OS/c1-23-12-11-16(19-18(22)13-7-3-2-4-8-13)17-14-9-5-6-10-15(14)20-21-17/h2-10,14,16H,11-12H2,1H3,(H,19,22). The highest BCUT2D eigenvalue weighted by Gasteiger charge is 2.31. The van der Waals surface area contributed by atoms with Gasteiger partial charge in [-0.05, 0) is 36.6 Å². The summed E-state index contributed by atoms with van der Waals surface area (Å²) in [7, 11) is 0. The molecule has 1 aromatic rings. The Morgan fingerprint density at radius 2 is 2.09 bits per heavy atom. The Kier molecular flexibility index (Phi) is 5.08. The summed E-state index contributed by atoms with van der Waals surface area (Å²) >= 11 is 1.77. The minimum atomic E-state index is -0.0995. The molecule has 0 radical (unpaired) electrons. The molecule has 0 bridgehead atoms. The minimum absolute atomic E-state index is 0.0665. The fourth-order valence-electron chi connectivity index (χ4n) is 2.70. The van der Waals surface area contributed by atoms with Crippen LogP contribution in [0.2, 0.25) is 0 Å². The van der Waals surface area contributed by atoms with E-state index in [-0.39, 0.29) is 17.9 Å². The molecule has 118 valence electrons. The van der Waals surface area contributed by atoms with Crippen molar-refractivity contribution in [2.75, 3.05) is 12.0 Å². The quantitative estimate of drug-likeness (QED) is 0.874. The van der Waals surface area contributed by atoms with Gasteiger partial charge in [-0.2, -0.15) is 22.0 Å². The van der Waals surface area contributed by atoms with Crippen molar-refractivity contribution in [2.45, 2.75) is 12.5 Å². The molecule has 2 atom stereocenters. The van der Waals surface area contributed by atoms with Gasteiger partial charge in [0.2, 0.25) is 0 Å². The summed E-state index contributed by atoms with van der Waals surface area (Å²) in [4.78, 5) is 12.5. The van der Waals surface area contributed by atoms with Crippen LogP contribution in [0.4, 0.5) is 0 Å². The van der Waals surface area contributed by atoms with Crippen LogP contribution >= 0.6 is 11.8 Å². The molecule has 2 aliphatic rings. The number of carbonyl (C=O) groups is 1. The molecule has 1 heterocycles. The zero-order valence-electron chi connectivity index (χ0n) is 13.0. The first-order chi connectivity index (χ1) is 11.3. The number of hydrogen-bond donors (Lipinski definition) is 1. The highest BCUT2D eigenvalue weighted by Crippen LogP contribution is 2.22. The highest BCUT2D eigenvalue weighted by molar-refractivity contribution is 7.98. The van der Waals surface area contributed by atoms with Crippen LogP contribution in [0.15, 0.2) is 64.8 Å². The Morgan fingerprint density at radius 3 is 2.87 bits per heavy atom. The van der Waals surface area contributed by atoms with Crippen molar-refractivity contribution in [3.63, 3.8) is 0 Å². The average molecular weight is 325 g/mol. The number of carbonyl (C=O) groups excluding carboxylic acids is 1. The summed E-state index contributed by atoms with van der Waals surface area (Å²) in [5, 5.41) is 11.7. The van der Waals surface area contributed by atoms with Crippen LogP contribution in [-0.2, 0) is 0 Å². The van der Waals surface area contributed by atoms with E-state index in [9.17, 15) is 4.79 Å². The fourth-order valence-corrected chi connectivity index (χ4v) is 3.17. The second-order valence-corrected chi connectivity index (χ2v) is 6.43. The van der Waals surface area contributed by atoms with Crippen molar-refractivity contribution in [1.82, 2.24) is 5.32 Å². The van der Waals surface area contributed by atoms with E-state index in [1.54, 1.807) is 11.8 Å². The van der Waals surface area contributed by atoms with E-state index < -0.39 is 0 Å². The summed E-state index contributed by atoms with van der Waals surface area (Å²) in [6.07, 6.45) is 11.0. The first-order valence-electron chi connectivity index (χ1n) is 7.64. The maximum absolute atomic E-state index is 12.5. The molecule has 1 aliphatic carbocycles. The van der Waals surface area contributed by atoms with Gasteiger partial charge in [0.1, 0.15) is 0 Å². The predicted octanol–water partition coefficient (Wildman–Crippen LogP) is 3.09. The lowest BCUT2D eigenvalue weighted by Gasteiger charge is -2.22. The number of thioether (sulfide) groups is 1. The number of benzene rings is 1. The molecular weight excluding hydrogens is 306 g/mol. The van der Waals surface area contributed by atoms with E-state index in [1.165, 1.54) is 0 Å². The molecule has 3 rings (SSSR count). The number of hydrogen-bond acceptors (Lipinski definition) is 4. The SMILES string of the molecule is CSCCC(NC(=O)c1ccccc1)C1=NN=C2C=CC=CC21. The third-order valence-electron chi connectivity index (χ3n) is 3.91. The van der Waals surface area contributed by atoms with Crippen molar-refractivity contribution in [3.05, 3.63) is 60.2 Å². The van der Waals surface area contributed by atoms with Gasteiger partial charge in [-0.25, -0.2) is 0 Å². The van der Waals surface area contributed by atoms with Gasteiger partial charge in [-0.1, -0.05) is 36.4 Å². The molecule has 0 spiro atoms. The van der Waals surface area contributed by atoms with Gasteiger partial charge in [-0.15, -0.1) is 0 Å². The molecule has 1 amide bonds. The number of amides is 1. The second kappa shape index (κ2) is 7.42. The van der Waals surface area contributed by atoms with E-state index in [2.05, 4.69) is 27.9 Å². The monoisotopic (exact) mass is 325 g/mol. The summed E-state index contributed by atoms with van der Waals surface area (Å²) in [6, 6.07) is 9.19. The van der Waals surface area contributed by atoms with Crippen LogP contribution in [0.25, 0.3) is 0 Å². The number of nitrogens with zero attached hydrogens (tertiary/aromatic N) is 2. The fraction of sp³-hybridized carbons (Fsp3) is 0.278. The minimum Gasteiger partial charge on any atom is -0.344 e. The lowest BCUT2D eigenvalue weighted by molar-refractivity contribution is 0.0946. The summed E-state index contributed by atoms with van der Waals surface area (Å²) in [5.74, 6) is 0.978. The van der Waals surface area contributed by atoms with E-state index in [0.29, 0.717) is 5.56 Å². The summed E-state index contributed by atoms with van der Waals surface area (Å²) in [6.45, 7) is 0. The molecule has 0 aromatic heterocycles. The van der Waals surface area contributed by atoms with Gasteiger partial charge in [0, 0.05) is 5.56 Å². The first kappa shape index (κ1) is 15.7. The number of nitrogens with one attached hydrogen (secondary N) is 1. The summed E-state index contributed by atoms with van der Waals surface area (Å²) in [5.41, 5.74) is 2.55. The topological polar surface area (TPSA) is 53.8 Å². The molecule has 1 N–H and O–H groups in total. The van der Waals surface area contributed by atoms with Gasteiger partial charge in [0.15, 0.2) is 0 Å². The van der Waals surface area contributed by atoms with Gasteiger partial charge >= 0.3 is 0 Å². The van der Waals surface area contributed by atoms with Crippen molar-refractivity contribution < 1.29 is 4.79 Å². The Labute approximate surface area is 140 Å². The molecule has 0 saturated heterocycles. The molecule has 23 heavy (non-hydrogen) atoms. The van der Waals surface area contributed by atoms with Crippen molar-refractivity contribution in [2.24, 2.45) is 16.1 Å². The van der Waals surface area contributed by atoms with Crippen molar-refractivity contribution in [3.8, 4) is 0 Å². The van der Waals surface area contributed by atoms with E-state index in [4.69, 9.17) is 0 Å². The van der Waals surface area contributed by atoms with Crippen molar-refractivity contribution >= 4 is 29.1 Å². The van der Waals surface area contributed by atoms with Crippen LogP contribution in [0.1, 0.15) is 16.8 Å². The van der Waals surface area contributed by atoms with E-state index in [1.807, 2.05) is 48.6 Å². The second-order valence-electron chi connectivity index (χ2n) is 5.44.